The second-order valence-electron chi connectivity index (χ2n) is 11.2. The zero-order chi connectivity index (χ0) is 32.7. The van der Waals surface area contributed by atoms with Crippen molar-refractivity contribution >= 4 is 30.3 Å². The van der Waals surface area contributed by atoms with Gasteiger partial charge in [0.05, 0.1) is 17.2 Å². The molecule has 3 amide bonds. The van der Waals surface area contributed by atoms with Crippen LogP contribution in [-0.4, -0.2) is 73.0 Å². The number of hydrogen-bond donors (Lipinski definition) is 6. The molecule has 2 atom stereocenters. The molecule has 11 nitrogen and oxygen atoms in total. The fraction of sp³-hybridized carbons (Fsp3) is 0.483. The minimum Gasteiger partial charge on any atom is -0.423 e. The van der Waals surface area contributed by atoms with Crippen LogP contribution in [0.3, 0.4) is 0 Å². The van der Waals surface area contributed by atoms with Crippen LogP contribution in [0, 0.1) is 0 Å². The van der Waals surface area contributed by atoms with E-state index in [0.29, 0.717) is 29.7 Å². The van der Waals surface area contributed by atoms with Gasteiger partial charge in [0.15, 0.2) is 0 Å². The molecular formula is C29H40BF3N6O5. The summed E-state index contributed by atoms with van der Waals surface area (Å²) in [5.41, 5.74) is 18.0. The predicted octanol–water partition coefficient (Wildman–Crippen LogP) is -0.145. The lowest BCUT2D eigenvalue weighted by atomic mass is 9.77. The van der Waals surface area contributed by atoms with Crippen LogP contribution in [0.1, 0.15) is 48.9 Å². The monoisotopic (exact) mass is 620 g/mol. The van der Waals surface area contributed by atoms with Crippen molar-refractivity contribution in [2.45, 2.75) is 63.5 Å². The Bertz CT molecular complexity index is 1310. The van der Waals surface area contributed by atoms with Crippen molar-refractivity contribution in [3.63, 3.8) is 0 Å². The third kappa shape index (κ3) is 9.25. The Morgan fingerprint density at radius 3 is 2.23 bits per heavy atom. The Hall–Kier alpha value is -3.50. The number of benzene rings is 2. The molecule has 0 bridgehead atoms. The van der Waals surface area contributed by atoms with Gasteiger partial charge in [0.1, 0.15) is 6.04 Å². The van der Waals surface area contributed by atoms with Crippen LogP contribution in [0.25, 0.3) is 0 Å². The van der Waals surface area contributed by atoms with E-state index in [1.165, 1.54) is 17.0 Å². The van der Waals surface area contributed by atoms with Crippen LogP contribution in [0.2, 0.25) is 0 Å². The first-order chi connectivity index (χ1) is 20.7. The summed E-state index contributed by atoms with van der Waals surface area (Å²) < 4.78 is 44.7. The van der Waals surface area contributed by atoms with Crippen molar-refractivity contribution in [2.24, 2.45) is 17.2 Å². The van der Waals surface area contributed by atoms with Gasteiger partial charge in [-0.2, -0.15) is 13.2 Å². The maximum Gasteiger partial charge on any atom is 0.492 e. The standard InChI is InChI=1S/C29H40BF3N6O5/c1-28(2)21-8-5-19(15-22(21)30(43)44-28)17-37-27(42)24(16-18-3-6-20(7-4-18)29(31,32)33)38-26(41)23(36)9-10-25(40)39(13-11-34)14-12-35/h3-8,15,23-24,43H,9-14,16-17,34-36H2,1-2H3,(H,37,42)(H,38,41)/t23-,24+/m0/s1. The average molecular weight is 620 g/mol. The van der Waals surface area contributed by atoms with E-state index in [1.54, 1.807) is 18.2 Å². The van der Waals surface area contributed by atoms with Crippen LogP contribution in [-0.2, 0) is 43.8 Å². The summed E-state index contributed by atoms with van der Waals surface area (Å²) >= 11 is 0. The first-order valence-corrected chi connectivity index (χ1v) is 14.3. The van der Waals surface area contributed by atoms with Crippen LogP contribution >= 0.6 is 0 Å². The molecule has 0 radical (unpaired) electrons. The molecule has 1 aliphatic heterocycles. The molecule has 240 valence electrons. The predicted molar refractivity (Wildman–Crippen MR) is 159 cm³/mol. The topological polar surface area (TPSA) is 186 Å². The van der Waals surface area contributed by atoms with Crippen LogP contribution in [0.4, 0.5) is 13.2 Å². The molecule has 0 aromatic heterocycles. The van der Waals surface area contributed by atoms with Gasteiger partial charge in [0.25, 0.3) is 0 Å². The van der Waals surface area contributed by atoms with E-state index in [1.807, 2.05) is 13.8 Å². The molecule has 1 aliphatic rings. The van der Waals surface area contributed by atoms with Crippen LogP contribution in [0.15, 0.2) is 42.5 Å². The van der Waals surface area contributed by atoms with Crippen molar-refractivity contribution in [3.05, 3.63) is 64.7 Å². The molecule has 44 heavy (non-hydrogen) atoms. The molecule has 0 spiro atoms. The molecule has 0 fully saturated rings. The van der Waals surface area contributed by atoms with Gasteiger partial charge in [-0.3, -0.25) is 14.4 Å². The smallest absolute Gasteiger partial charge is 0.423 e. The molecule has 2 aromatic carbocycles. The highest BCUT2D eigenvalue weighted by Gasteiger charge is 2.40. The second kappa shape index (κ2) is 15.0. The summed E-state index contributed by atoms with van der Waals surface area (Å²) in [7, 11) is -1.12. The fourth-order valence-corrected chi connectivity index (χ4v) is 4.99. The average Bonchev–Trinajstić information content (AvgIpc) is 3.20. The molecule has 3 rings (SSSR count). The van der Waals surface area contributed by atoms with Gasteiger partial charge in [-0.25, -0.2) is 0 Å². The number of hydrogen-bond acceptors (Lipinski definition) is 8. The summed E-state index contributed by atoms with van der Waals surface area (Å²) in [4.78, 5) is 40.3. The Morgan fingerprint density at radius 1 is 1.02 bits per heavy atom. The number of carbonyl (C=O) groups excluding carboxylic acids is 3. The third-order valence-corrected chi connectivity index (χ3v) is 7.41. The van der Waals surface area contributed by atoms with E-state index in [9.17, 15) is 32.6 Å². The van der Waals surface area contributed by atoms with Crippen molar-refractivity contribution < 1.29 is 37.2 Å². The Balaban J connectivity index is 1.71. The van der Waals surface area contributed by atoms with Crippen molar-refractivity contribution in [1.29, 1.82) is 0 Å². The molecule has 9 N–H and O–H groups in total. The Morgan fingerprint density at radius 2 is 1.64 bits per heavy atom. The number of fused-ring (bicyclic) bond motifs is 1. The normalized spacial score (nSPS) is 15.3. The zero-order valence-electron chi connectivity index (χ0n) is 24.8. The highest BCUT2D eigenvalue weighted by Crippen LogP contribution is 2.30. The van der Waals surface area contributed by atoms with E-state index in [0.717, 1.165) is 17.7 Å². The van der Waals surface area contributed by atoms with Gasteiger partial charge in [-0.15, -0.1) is 0 Å². The van der Waals surface area contributed by atoms with Crippen LogP contribution < -0.4 is 33.3 Å². The Labute approximate surface area is 254 Å². The number of nitrogens with two attached hydrogens (primary N) is 3. The van der Waals surface area contributed by atoms with Crippen molar-refractivity contribution in [3.8, 4) is 0 Å². The lowest BCUT2D eigenvalue weighted by Gasteiger charge is -2.23. The number of rotatable bonds is 14. The number of nitrogens with one attached hydrogen (secondary N) is 2. The minimum atomic E-state index is -4.53. The van der Waals surface area contributed by atoms with E-state index in [4.69, 9.17) is 21.9 Å². The summed E-state index contributed by atoms with van der Waals surface area (Å²) in [6.07, 6.45) is -4.70. The lowest BCUT2D eigenvalue weighted by Crippen LogP contribution is -2.52. The number of amides is 3. The summed E-state index contributed by atoms with van der Waals surface area (Å²) in [6.45, 7) is 4.80. The SMILES string of the molecule is CC1(C)OB(O)c2cc(CNC(=O)[C@@H](Cc3ccc(C(F)(F)F)cc3)NC(=O)[C@@H](N)CCC(=O)N(CCN)CCN)ccc21. The van der Waals surface area contributed by atoms with E-state index >= 15 is 0 Å². The molecule has 0 unspecified atom stereocenters. The first kappa shape index (κ1) is 35.0. The molecular weight excluding hydrogens is 580 g/mol. The molecule has 15 heteroatoms. The summed E-state index contributed by atoms with van der Waals surface area (Å²) in [6, 6.07) is 7.24. The second-order valence-corrected chi connectivity index (χ2v) is 11.2. The first-order valence-electron chi connectivity index (χ1n) is 14.3. The van der Waals surface area contributed by atoms with Gasteiger partial charge in [-0.1, -0.05) is 30.3 Å². The summed E-state index contributed by atoms with van der Waals surface area (Å²) in [5, 5.41) is 15.6. The fourth-order valence-electron chi connectivity index (χ4n) is 4.99. The molecule has 1 heterocycles. The molecule has 0 saturated heterocycles. The van der Waals surface area contributed by atoms with Gasteiger partial charge < -0.3 is 42.4 Å². The molecule has 2 aromatic rings. The minimum absolute atomic E-state index is 0.0131. The molecule has 0 saturated carbocycles. The zero-order valence-corrected chi connectivity index (χ0v) is 24.8. The van der Waals surface area contributed by atoms with E-state index in [-0.39, 0.29) is 44.8 Å². The van der Waals surface area contributed by atoms with E-state index < -0.39 is 48.4 Å². The third-order valence-electron chi connectivity index (χ3n) is 7.41. The van der Waals surface area contributed by atoms with Gasteiger partial charge in [0.2, 0.25) is 17.7 Å². The maximum absolute atomic E-state index is 13.3. The van der Waals surface area contributed by atoms with Gasteiger partial charge >= 0.3 is 13.3 Å². The highest BCUT2D eigenvalue weighted by atomic mass is 19.4. The van der Waals surface area contributed by atoms with Gasteiger partial charge in [0, 0.05) is 45.6 Å². The van der Waals surface area contributed by atoms with Crippen molar-refractivity contribution in [2.75, 3.05) is 26.2 Å². The van der Waals surface area contributed by atoms with Crippen LogP contribution in [0.5, 0.6) is 0 Å². The number of carbonyl (C=O) groups is 3. The molecule has 0 aliphatic carbocycles. The maximum atomic E-state index is 13.3. The summed E-state index contributed by atoms with van der Waals surface area (Å²) in [5.74, 6) is -1.57. The number of nitrogens with zero attached hydrogens (tertiary/aromatic N) is 1. The van der Waals surface area contributed by atoms with E-state index in [2.05, 4.69) is 10.6 Å². The quantitative estimate of drug-likeness (QED) is 0.158. The lowest BCUT2D eigenvalue weighted by molar-refractivity contribution is -0.137. The highest BCUT2D eigenvalue weighted by molar-refractivity contribution is 6.62. The van der Waals surface area contributed by atoms with Gasteiger partial charge in [-0.05, 0) is 54.6 Å². The van der Waals surface area contributed by atoms with Crippen molar-refractivity contribution in [1.82, 2.24) is 15.5 Å². The largest absolute Gasteiger partial charge is 0.492 e. The number of alkyl halides is 3. The Kier molecular flexibility index (Phi) is 11.9. The number of halogens is 3.